The predicted molar refractivity (Wildman–Crippen MR) is 59.1 cm³/mol. The Morgan fingerprint density at radius 1 is 1.35 bits per heavy atom. The summed E-state index contributed by atoms with van der Waals surface area (Å²) in [5, 5.41) is 12.4. The smallest absolute Gasteiger partial charge is 0.297 e. The van der Waals surface area contributed by atoms with E-state index in [0.29, 0.717) is 5.69 Å². The van der Waals surface area contributed by atoms with Crippen molar-refractivity contribution in [3.63, 3.8) is 0 Å². The van der Waals surface area contributed by atoms with Crippen LogP contribution in [0.25, 0.3) is 0 Å². The number of benzene rings is 1. The largest absolute Gasteiger partial charge is 0.340 e. The maximum Gasteiger partial charge on any atom is 0.340 e. The van der Waals surface area contributed by atoms with E-state index in [2.05, 4.69) is 10.9 Å². The summed E-state index contributed by atoms with van der Waals surface area (Å²) in [5.41, 5.74) is 4.80. The number of nitrogens with zero attached hydrogens (tertiary/aromatic N) is 1. The Morgan fingerprint density at radius 2 is 2.06 bits per heavy atom. The van der Waals surface area contributed by atoms with Gasteiger partial charge in [-0.1, -0.05) is 6.07 Å². The first-order valence-electron chi connectivity index (χ1n) is 4.57. The van der Waals surface area contributed by atoms with Gasteiger partial charge in [-0.2, -0.15) is 0 Å². The molecule has 8 heteroatoms. The van der Waals surface area contributed by atoms with Gasteiger partial charge in [-0.05, 0) is 6.07 Å². The SMILES string of the molecule is CC(=O)NC(=O)NNc1cccc([N+](=O)[O-])c1. The lowest BCUT2D eigenvalue weighted by Crippen LogP contribution is -2.41. The number of nitrogens with one attached hydrogen (secondary N) is 3. The molecule has 3 amide bonds. The lowest BCUT2D eigenvalue weighted by Gasteiger charge is -2.07. The first-order valence-corrected chi connectivity index (χ1v) is 4.57. The van der Waals surface area contributed by atoms with Crippen LogP contribution in [0.5, 0.6) is 0 Å². The topological polar surface area (TPSA) is 113 Å². The molecule has 90 valence electrons. The zero-order valence-electron chi connectivity index (χ0n) is 8.89. The zero-order valence-corrected chi connectivity index (χ0v) is 8.89. The summed E-state index contributed by atoms with van der Waals surface area (Å²) in [7, 11) is 0. The van der Waals surface area contributed by atoms with Crippen LogP contribution in [0, 0.1) is 10.1 Å². The van der Waals surface area contributed by atoms with Gasteiger partial charge >= 0.3 is 6.03 Å². The third-order valence-corrected chi connectivity index (χ3v) is 1.67. The molecule has 0 aliphatic rings. The molecule has 0 spiro atoms. The van der Waals surface area contributed by atoms with Crippen LogP contribution in [-0.4, -0.2) is 16.9 Å². The Balaban J connectivity index is 2.57. The van der Waals surface area contributed by atoms with Gasteiger partial charge in [0, 0.05) is 19.1 Å². The second kappa shape index (κ2) is 5.45. The van der Waals surface area contributed by atoms with Gasteiger partial charge in [0.2, 0.25) is 5.91 Å². The lowest BCUT2D eigenvalue weighted by molar-refractivity contribution is -0.384. The van der Waals surface area contributed by atoms with E-state index >= 15 is 0 Å². The van der Waals surface area contributed by atoms with Crippen LogP contribution in [0.4, 0.5) is 16.2 Å². The van der Waals surface area contributed by atoms with Crippen LogP contribution in [0.3, 0.4) is 0 Å². The Hall–Kier alpha value is -2.64. The summed E-state index contributed by atoms with van der Waals surface area (Å²) < 4.78 is 0. The number of carbonyl (C=O) groups excluding carboxylic acids is 2. The molecule has 0 fully saturated rings. The van der Waals surface area contributed by atoms with E-state index in [9.17, 15) is 19.7 Å². The van der Waals surface area contributed by atoms with E-state index < -0.39 is 16.9 Å². The molecule has 0 aromatic heterocycles. The van der Waals surface area contributed by atoms with Gasteiger partial charge in [-0.25, -0.2) is 4.79 Å². The number of nitro groups is 1. The van der Waals surface area contributed by atoms with Crippen molar-refractivity contribution in [1.82, 2.24) is 10.7 Å². The standard InChI is InChI=1S/C9H10N4O4/c1-6(14)10-9(15)12-11-7-3-2-4-8(5-7)13(16)17/h2-5,11H,1H3,(H2,10,12,14,15). The Bertz CT molecular complexity index is 460. The second-order valence-electron chi connectivity index (χ2n) is 3.07. The van der Waals surface area contributed by atoms with E-state index in [1.807, 2.05) is 5.32 Å². The number of imide groups is 1. The first kappa shape index (κ1) is 12.4. The highest BCUT2D eigenvalue weighted by molar-refractivity contribution is 5.93. The minimum absolute atomic E-state index is 0.108. The van der Waals surface area contributed by atoms with Gasteiger partial charge in [-0.15, -0.1) is 0 Å². The summed E-state index contributed by atoms with van der Waals surface area (Å²) in [6.07, 6.45) is 0. The minimum atomic E-state index is -0.746. The predicted octanol–water partition coefficient (Wildman–Crippen LogP) is 0.767. The van der Waals surface area contributed by atoms with E-state index in [-0.39, 0.29) is 5.69 Å². The number of amides is 3. The highest BCUT2D eigenvalue weighted by Gasteiger charge is 2.06. The van der Waals surface area contributed by atoms with Crippen LogP contribution < -0.4 is 16.2 Å². The molecule has 0 heterocycles. The van der Waals surface area contributed by atoms with E-state index in [1.54, 1.807) is 0 Å². The van der Waals surface area contributed by atoms with Gasteiger partial charge in [0.25, 0.3) is 5.69 Å². The van der Waals surface area contributed by atoms with Crippen molar-refractivity contribution in [2.45, 2.75) is 6.92 Å². The third kappa shape index (κ3) is 4.16. The highest BCUT2D eigenvalue weighted by atomic mass is 16.6. The van der Waals surface area contributed by atoms with E-state index in [1.165, 1.54) is 31.2 Å². The molecule has 0 saturated carbocycles. The average Bonchev–Trinajstić information content (AvgIpc) is 2.26. The maximum absolute atomic E-state index is 11.0. The molecule has 1 aromatic rings. The quantitative estimate of drug-likeness (QED) is 0.531. The third-order valence-electron chi connectivity index (χ3n) is 1.67. The van der Waals surface area contributed by atoms with Crippen molar-refractivity contribution < 1.29 is 14.5 Å². The zero-order chi connectivity index (χ0) is 12.8. The molecule has 0 bridgehead atoms. The van der Waals surface area contributed by atoms with Crippen molar-refractivity contribution in [3.05, 3.63) is 34.4 Å². The molecule has 3 N–H and O–H groups in total. The summed E-state index contributed by atoms with van der Waals surface area (Å²) in [5.74, 6) is -0.511. The molecule has 0 aliphatic carbocycles. The lowest BCUT2D eigenvalue weighted by atomic mass is 10.3. The molecule has 1 aromatic carbocycles. The van der Waals surface area contributed by atoms with Crippen molar-refractivity contribution in [2.24, 2.45) is 0 Å². The number of anilines is 1. The van der Waals surface area contributed by atoms with Crippen LogP contribution in [0.15, 0.2) is 24.3 Å². The summed E-state index contributed by atoms with van der Waals surface area (Å²) in [6.45, 7) is 1.19. The number of non-ortho nitro benzene ring substituents is 1. The summed E-state index contributed by atoms with van der Waals surface area (Å²) in [4.78, 5) is 31.4. The molecule has 0 saturated heterocycles. The van der Waals surface area contributed by atoms with Gasteiger partial charge in [0.15, 0.2) is 0 Å². The van der Waals surface area contributed by atoms with Crippen molar-refractivity contribution >= 4 is 23.3 Å². The van der Waals surface area contributed by atoms with Gasteiger partial charge in [-0.3, -0.25) is 31.1 Å². The van der Waals surface area contributed by atoms with E-state index in [0.717, 1.165) is 0 Å². The molecule has 0 aliphatic heterocycles. The molecular formula is C9H10N4O4. The molecule has 0 radical (unpaired) electrons. The van der Waals surface area contributed by atoms with Crippen LogP contribution in [-0.2, 0) is 4.79 Å². The summed E-state index contributed by atoms with van der Waals surface area (Å²) in [6, 6.07) is 4.81. The maximum atomic E-state index is 11.0. The molecule has 0 atom stereocenters. The normalized spacial score (nSPS) is 9.24. The second-order valence-corrected chi connectivity index (χ2v) is 3.07. The van der Waals surface area contributed by atoms with Gasteiger partial charge in [0.05, 0.1) is 10.6 Å². The molecule has 1 rings (SSSR count). The van der Waals surface area contributed by atoms with Crippen molar-refractivity contribution in [1.29, 1.82) is 0 Å². The summed E-state index contributed by atoms with van der Waals surface area (Å²) >= 11 is 0. The molecule has 17 heavy (non-hydrogen) atoms. The average molecular weight is 238 g/mol. The Labute approximate surface area is 96.1 Å². The number of hydrogen-bond acceptors (Lipinski definition) is 5. The number of hydrazine groups is 1. The fraction of sp³-hybridized carbons (Fsp3) is 0.111. The Kier molecular flexibility index (Phi) is 3.98. The fourth-order valence-corrected chi connectivity index (χ4v) is 1.02. The van der Waals surface area contributed by atoms with Crippen LogP contribution in [0.2, 0.25) is 0 Å². The first-order chi connectivity index (χ1) is 7.99. The monoisotopic (exact) mass is 238 g/mol. The molecule has 0 unspecified atom stereocenters. The van der Waals surface area contributed by atoms with Gasteiger partial charge in [0.1, 0.15) is 0 Å². The fourth-order valence-electron chi connectivity index (χ4n) is 1.02. The Morgan fingerprint density at radius 3 is 2.65 bits per heavy atom. The molecular weight excluding hydrogens is 228 g/mol. The number of urea groups is 1. The number of hydrogen-bond donors (Lipinski definition) is 3. The van der Waals surface area contributed by atoms with Crippen molar-refractivity contribution in [2.75, 3.05) is 5.43 Å². The van der Waals surface area contributed by atoms with Crippen LogP contribution in [0.1, 0.15) is 6.92 Å². The number of carbonyl (C=O) groups is 2. The highest BCUT2D eigenvalue weighted by Crippen LogP contribution is 2.15. The number of rotatable bonds is 3. The van der Waals surface area contributed by atoms with Gasteiger partial charge < -0.3 is 0 Å². The molecule has 8 nitrogen and oxygen atoms in total. The minimum Gasteiger partial charge on any atom is -0.297 e. The van der Waals surface area contributed by atoms with E-state index in [4.69, 9.17) is 0 Å². The van der Waals surface area contributed by atoms with Crippen LogP contribution >= 0.6 is 0 Å². The number of nitro benzene ring substituents is 1. The van der Waals surface area contributed by atoms with Crippen molar-refractivity contribution in [3.8, 4) is 0 Å².